The van der Waals surface area contributed by atoms with E-state index < -0.39 is 0 Å². The van der Waals surface area contributed by atoms with Crippen LogP contribution >= 0.6 is 0 Å². The summed E-state index contributed by atoms with van der Waals surface area (Å²) in [6.45, 7) is 4.29. The molecule has 2 rings (SSSR count). The van der Waals surface area contributed by atoms with Gasteiger partial charge in [-0.25, -0.2) is 0 Å². The van der Waals surface area contributed by atoms with E-state index in [2.05, 4.69) is 31.1 Å². The van der Waals surface area contributed by atoms with E-state index in [1.54, 1.807) is 0 Å². The second-order valence-electron chi connectivity index (χ2n) is 3.21. The fourth-order valence-electron chi connectivity index (χ4n) is 1.18. The van der Waals surface area contributed by atoms with Gasteiger partial charge in [0.25, 0.3) is 0 Å². The second kappa shape index (κ2) is 4.34. The van der Waals surface area contributed by atoms with Crippen molar-refractivity contribution in [1.82, 2.24) is 9.38 Å². The van der Waals surface area contributed by atoms with Gasteiger partial charge in [0.1, 0.15) is 0 Å². The minimum Gasteiger partial charge on any atom is -0.414 e. The van der Waals surface area contributed by atoms with Crippen molar-refractivity contribution in [2.24, 2.45) is 0 Å². The molecule has 0 aliphatic carbocycles. The molecule has 2 aromatic rings. The monoisotopic (exact) mass is 248 g/mol. The smallest absolute Gasteiger partial charge is 0.0449 e. The van der Waals surface area contributed by atoms with Gasteiger partial charge in [0.2, 0.25) is 0 Å². The number of rotatable bonds is 1. The number of fused-ring (bicyclic) bond motifs is 1. The Morgan fingerprint density at radius 2 is 2.23 bits per heavy atom. The molecule has 0 saturated carbocycles. The zero-order valence-electron chi connectivity index (χ0n) is 7.86. The Morgan fingerprint density at radius 3 is 2.85 bits per heavy atom. The van der Waals surface area contributed by atoms with E-state index in [-0.39, 0.29) is 32.7 Å². The predicted molar refractivity (Wildman–Crippen MR) is 48.1 cm³/mol. The molecule has 0 bridgehead atoms. The standard InChI is InChI=1S/C10H11N2.Y/c1-8(2)9-7-12-6-4-3-5-10(12)11-9;/h4-8H,1-2H3;/q-1;. The molecule has 0 aromatic carbocycles. The largest absolute Gasteiger partial charge is 0.414 e. The zero-order chi connectivity index (χ0) is 8.55. The Morgan fingerprint density at radius 1 is 1.46 bits per heavy atom. The molecule has 2 heterocycles. The van der Waals surface area contributed by atoms with E-state index in [1.165, 1.54) is 0 Å². The molecule has 0 unspecified atom stereocenters. The summed E-state index contributed by atoms with van der Waals surface area (Å²) >= 11 is 0. The number of nitrogens with zero attached hydrogens (tertiary/aromatic N) is 2. The number of hydrogen-bond donors (Lipinski definition) is 0. The van der Waals surface area contributed by atoms with E-state index in [0.717, 1.165) is 11.3 Å². The first kappa shape index (κ1) is 10.9. The molecule has 0 aliphatic rings. The zero-order valence-corrected chi connectivity index (χ0v) is 10.7. The molecule has 0 saturated heterocycles. The van der Waals surface area contributed by atoms with Gasteiger partial charge in [0, 0.05) is 50.2 Å². The fraction of sp³-hybridized carbons (Fsp3) is 0.300. The Hall–Kier alpha value is -0.206. The number of pyridine rings is 1. The molecule has 2 nitrogen and oxygen atoms in total. The molecule has 0 N–H and O–H groups in total. The fourth-order valence-corrected chi connectivity index (χ4v) is 1.18. The normalized spacial score (nSPS) is 10.4. The van der Waals surface area contributed by atoms with Gasteiger partial charge in [-0.2, -0.15) is 12.1 Å². The SMILES string of the molecule is CC(C)c1cn2cc[c-]cc2n1.[Y]. The summed E-state index contributed by atoms with van der Waals surface area (Å²) in [6, 6.07) is 6.79. The molecule has 1 radical (unpaired) electrons. The Balaban J connectivity index is 0.000000845. The van der Waals surface area contributed by atoms with E-state index in [1.807, 2.05) is 22.7 Å². The van der Waals surface area contributed by atoms with E-state index >= 15 is 0 Å². The van der Waals surface area contributed by atoms with Crippen LogP contribution in [-0.4, -0.2) is 9.38 Å². The van der Waals surface area contributed by atoms with Crippen molar-refractivity contribution in [2.45, 2.75) is 19.8 Å². The summed E-state index contributed by atoms with van der Waals surface area (Å²) in [6.07, 6.45) is 4.03. The maximum Gasteiger partial charge on any atom is 0.0449 e. The third kappa shape index (κ3) is 2.18. The quantitative estimate of drug-likeness (QED) is 0.707. The van der Waals surface area contributed by atoms with Crippen LogP contribution in [0.15, 0.2) is 24.5 Å². The van der Waals surface area contributed by atoms with E-state index in [9.17, 15) is 0 Å². The summed E-state index contributed by atoms with van der Waals surface area (Å²) in [7, 11) is 0. The molecular formula is C10H11N2Y-. The van der Waals surface area contributed by atoms with Crippen LogP contribution in [0.2, 0.25) is 0 Å². The first-order valence-corrected chi connectivity index (χ1v) is 4.12. The molecule has 0 fully saturated rings. The molecule has 0 aliphatic heterocycles. The summed E-state index contributed by atoms with van der Waals surface area (Å²) in [4.78, 5) is 4.44. The molecule has 3 heteroatoms. The van der Waals surface area contributed by atoms with Crippen LogP contribution in [0.4, 0.5) is 0 Å². The van der Waals surface area contributed by atoms with Gasteiger partial charge >= 0.3 is 0 Å². The van der Waals surface area contributed by atoms with Gasteiger partial charge < -0.3 is 4.40 Å². The number of aromatic nitrogens is 2. The molecule has 65 valence electrons. The Kier molecular flexibility index (Phi) is 3.63. The average Bonchev–Trinajstić information content (AvgIpc) is 2.46. The maximum atomic E-state index is 4.44. The minimum absolute atomic E-state index is 0. The summed E-state index contributed by atoms with van der Waals surface area (Å²) < 4.78 is 2.02. The molecule has 2 aromatic heterocycles. The molecular weight excluding hydrogens is 237 g/mol. The van der Waals surface area contributed by atoms with Crippen LogP contribution in [-0.2, 0) is 32.7 Å². The van der Waals surface area contributed by atoms with Gasteiger partial charge in [0.05, 0.1) is 0 Å². The van der Waals surface area contributed by atoms with Crippen molar-refractivity contribution in [3.8, 4) is 0 Å². The molecule has 0 atom stereocenters. The van der Waals surface area contributed by atoms with Crippen molar-refractivity contribution >= 4 is 5.65 Å². The maximum absolute atomic E-state index is 4.44. The van der Waals surface area contributed by atoms with Crippen LogP contribution in [0.25, 0.3) is 5.65 Å². The topological polar surface area (TPSA) is 17.3 Å². The third-order valence-corrected chi connectivity index (χ3v) is 1.91. The van der Waals surface area contributed by atoms with Crippen LogP contribution in [0.5, 0.6) is 0 Å². The molecule has 0 amide bonds. The summed E-state index contributed by atoms with van der Waals surface area (Å²) in [5, 5.41) is 0. The van der Waals surface area contributed by atoms with Crippen molar-refractivity contribution in [3.63, 3.8) is 0 Å². The second-order valence-corrected chi connectivity index (χ2v) is 3.21. The Bertz CT molecular complexity index is 359. The average molecular weight is 248 g/mol. The first-order chi connectivity index (χ1) is 5.77. The molecule has 13 heavy (non-hydrogen) atoms. The van der Waals surface area contributed by atoms with Crippen LogP contribution in [0.1, 0.15) is 25.5 Å². The summed E-state index contributed by atoms with van der Waals surface area (Å²) in [5.74, 6) is 0.491. The van der Waals surface area contributed by atoms with Crippen molar-refractivity contribution in [1.29, 1.82) is 0 Å². The third-order valence-electron chi connectivity index (χ3n) is 1.91. The van der Waals surface area contributed by atoms with Gasteiger partial charge in [-0.1, -0.05) is 20.0 Å². The van der Waals surface area contributed by atoms with Crippen molar-refractivity contribution in [2.75, 3.05) is 0 Å². The van der Waals surface area contributed by atoms with Crippen LogP contribution in [0.3, 0.4) is 0 Å². The summed E-state index contributed by atoms with van der Waals surface area (Å²) in [5.41, 5.74) is 2.11. The number of imidazole rings is 1. The van der Waals surface area contributed by atoms with Crippen molar-refractivity contribution < 1.29 is 32.7 Å². The van der Waals surface area contributed by atoms with Crippen molar-refractivity contribution in [3.05, 3.63) is 36.3 Å². The van der Waals surface area contributed by atoms with Gasteiger partial charge in [-0.05, 0) is 5.92 Å². The van der Waals surface area contributed by atoms with Gasteiger partial charge in [-0.3, -0.25) is 4.98 Å². The van der Waals surface area contributed by atoms with Gasteiger partial charge in [0.15, 0.2) is 0 Å². The minimum atomic E-state index is 0. The first-order valence-electron chi connectivity index (χ1n) is 4.12. The number of hydrogen-bond acceptors (Lipinski definition) is 1. The van der Waals surface area contributed by atoms with Gasteiger partial charge in [-0.15, -0.1) is 6.07 Å². The Labute approximate surface area is 103 Å². The van der Waals surface area contributed by atoms with Crippen LogP contribution in [0, 0.1) is 6.07 Å². The van der Waals surface area contributed by atoms with Crippen LogP contribution < -0.4 is 0 Å². The predicted octanol–water partition coefficient (Wildman–Crippen LogP) is 2.26. The van der Waals surface area contributed by atoms with E-state index in [4.69, 9.17) is 0 Å². The van der Waals surface area contributed by atoms with E-state index in [0.29, 0.717) is 5.92 Å². The molecule has 0 spiro atoms.